The fourth-order valence-electron chi connectivity index (χ4n) is 4.97. The van der Waals surface area contributed by atoms with Crippen molar-refractivity contribution in [3.8, 4) is 11.5 Å². The molecule has 0 N–H and O–H groups in total. The van der Waals surface area contributed by atoms with E-state index < -0.39 is 7.26 Å². The minimum Gasteiger partial charge on any atom is -0.487 e. The van der Waals surface area contributed by atoms with Gasteiger partial charge >= 0.3 is 0 Å². The maximum atomic E-state index is 6.34. The van der Waals surface area contributed by atoms with Crippen molar-refractivity contribution in [3.63, 3.8) is 0 Å². The zero-order valence-corrected chi connectivity index (χ0v) is 24.3. The Labute approximate surface area is 243 Å². The van der Waals surface area contributed by atoms with Crippen LogP contribution in [0.25, 0.3) is 0 Å². The molecule has 0 saturated carbocycles. The fraction of sp³-hybridized carbons (Fsp3) is 0.294. The van der Waals surface area contributed by atoms with Gasteiger partial charge in [-0.2, -0.15) is 0 Å². The first-order valence-corrected chi connectivity index (χ1v) is 15.9. The Balaban J connectivity index is 1.54. The molecule has 0 bridgehead atoms. The Morgan fingerprint density at radius 1 is 0.341 bits per heavy atom. The van der Waals surface area contributed by atoms with Crippen LogP contribution in [0.2, 0.25) is 0 Å². The standard InChI is InChI=1S/C34H38O6P/c1-4-10-29(11-5-1)41(30-12-6-2-7-13-30,31-14-8-3-9-15-31)32-16-17-33-34(28-32)40-27-25-38-23-21-36-19-18-35-20-22-37-24-26-39-33/h1-17,28H,18-27H2/q+1. The van der Waals surface area contributed by atoms with Crippen molar-refractivity contribution in [2.24, 2.45) is 0 Å². The second-order valence-electron chi connectivity index (χ2n) is 9.45. The van der Waals surface area contributed by atoms with E-state index in [0.717, 1.165) is 0 Å². The molecule has 214 valence electrons. The summed E-state index contributed by atoms with van der Waals surface area (Å²) in [5.74, 6) is 1.38. The SMILES string of the molecule is c1ccc([P+](c2ccccc2)(c2ccccc2)c2ccc3c(c2)OCCOCCOCCOCCOCCO3)cc1. The van der Waals surface area contributed by atoms with E-state index >= 15 is 0 Å². The summed E-state index contributed by atoms with van der Waals surface area (Å²) in [6.45, 7) is 4.83. The van der Waals surface area contributed by atoms with E-state index in [0.29, 0.717) is 77.6 Å². The Kier molecular flexibility index (Phi) is 11.2. The molecule has 0 unspecified atom stereocenters. The first-order valence-electron chi connectivity index (χ1n) is 14.2. The van der Waals surface area contributed by atoms with Gasteiger partial charge in [0.25, 0.3) is 0 Å². The van der Waals surface area contributed by atoms with Crippen molar-refractivity contribution in [1.29, 1.82) is 0 Å². The summed E-state index contributed by atoms with van der Waals surface area (Å²) in [6.07, 6.45) is 0. The number of benzene rings is 4. The smallest absolute Gasteiger partial charge is 0.165 e. The van der Waals surface area contributed by atoms with E-state index in [1.807, 2.05) is 6.07 Å². The van der Waals surface area contributed by atoms with E-state index in [2.05, 4.69) is 103 Å². The van der Waals surface area contributed by atoms with Crippen LogP contribution in [0.15, 0.2) is 109 Å². The summed E-state index contributed by atoms with van der Waals surface area (Å²) < 4.78 is 35.1. The van der Waals surface area contributed by atoms with Crippen LogP contribution in [0.5, 0.6) is 11.5 Å². The third-order valence-electron chi connectivity index (χ3n) is 6.83. The third-order valence-corrected chi connectivity index (χ3v) is 11.1. The van der Waals surface area contributed by atoms with Gasteiger partial charge in [-0.05, 0) is 48.5 Å². The van der Waals surface area contributed by atoms with Crippen molar-refractivity contribution >= 4 is 28.5 Å². The lowest BCUT2D eigenvalue weighted by Crippen LogP contribution is -2.38. The lowest BCUT2D eigenvalue weighted by atomic mass is 10.3. The van der Waals surface area contributed by atoms with Gasteiger partial charge in [0, 0.05) is 6.07 Å². The van der Waals surface area contributed by atoms with Crippen molar-refractivity contribution in [3.05, 3.63) is 109 Å². The van der Waals surface area contributed by atoms with E-state index in [4.69, 9.17) is 28.4 Å². The normalized spacial score (nSPS) is 16.3. The average molecular weight is 574 g/mol. The van der Waals surface area contributed by atoms with Crippen molar-refractivity contribution in [2.45, 2.75) is 0 Å². The highest BCUT2D eigenvalue weighted by Crippen LogP contribution is 2.55. The summed E-state index contributed by atoms with van der Waals surface area (Å²) in [4.78, 5) is 0. The Morgan fingerprint density at radius 3 is 1.12 bits per heavy atom. The van der Waals surface area contributed by atoms with Crippen molar-refractivity contribution in [1.82, 2.24) is 0 Å². The number of hydrogen-bond acceptors (Lipinski definition) is 6. The monoisotopic (exact) mass is 573 g/mol. The largest absolute Gasteiger partial charge is 0.487 e. The molecule has 6 nitrogen and oxygen atoms in total. The highest BCUT2D eigenvalue weighted by atomic mass is 31.2. The number of rotatable bonds is 4. The van der Waals surface area contributed by atoms with Gasteiger partial charge in [-0.25, -0.2) is 0 Å². The minimum absolute atomic E-state index is 0.396. The maximum absolute atomic E-state index is 6.34. The summed E-state index contributed by atoms with van der Waals surface area (Å²) in [7, 11) is -2.27. The predicted octanol–water partition coefficient (Wildman–Crippen LogP) is 4.14. The number of fused-ring (bicyclic) bond motifs is 1. The molecule has 0 aliphatic carbocycles. The third kappa shape index (κ3) is 7.53. The van der Waals surface area contributed by atoms with E-state index in [-0.39, 0.29) is 0 Å². The lowest BCUT2D eigenvalue weighted by molar-refractivity contribution is -0.00841. The van der Waals surface area contributed by atoms with Gasteiger partial charge < -0.3 is 28.4 Å². The van der Waals surface area contributed by atoms with E-state index in [1.54, 1.807) is 0 Å². The molecule has 5 rings (SSSR count). The fourth-order valence-corrected chi connectivity index (χ4v) is 9.23. The topological polar surface area (TPSA) is 55.4 Å². The van der Waals surface area contributed by atoms with Crippen LogP contribution in [0.1, 0.15) is 0 Å². The Bertz CT molecular complexity index is 1210. The molecular formula is C34H38O6P+. The zero-order chi connectivity index (χ0) is 28.0. The van der Waals surface area contributed by atoms with Crippen LogP contribution in [-0.2, 0) is 18.9 Å². The van der Waals surface area contributed by atoms with Crippen LogP contribution in [0.3, 0.4) is 0 Å². The summed E-state index contributed by atoms with van der Waals surface area (Å²) in [6, 6.07) is 38.8. The van der Waals surface area contributed by atoms with Gasteiger partial charge in [0.1, 0.15) is 41.7 Å². The van der Waals surface area contributed by atoms with Crippen LogP contribution < -0.4 is 30.7 Å². The van der Waals surface area contributed by atoms with Gasteiger partial charge in [0.2, 0.25) is 0 Å². The molecule has 4 aromatic carbocycles. The molecule has 0 saturated heterocycles. The predicted molar refractivity (Wildman–Crippen MR) is 165 cm³/mol. The summed E-state index contributed by atoms with van der Waals surface area (Å²) in [5.41, 5.74) is 0. The van der Waals surface area contributed by atoms with E-state index in [9.17, 15) is 0 Å². The highest BCUT2D eigenvalue weighted by molar-refractivity contribution is 8.01. The van der Waals surface area contributed by atoms with Crippen LogP contribution in [0, 0.1) is 0 Å². The molecule has 1 aliphatic rings. The second-order valence-corrected chi connectivity index (χ2v) is 12.9. The molecule has 0 spiro atoms. The van der Waals surface area contributed by atoms with Crippen LogP contribution in [-0.4, -0.2) is 66.1 Å². The average Bonchev–Trinajstić information content (AvgIpc) is 3.03. The quantitative estimate of drug-likeness (QED) is 0.342. The number of ether oxygens (including phenoxy) is 6. The minimum atomic E-state index is -2.27. The Hall–Kier alpha value is -3.25. The number of hydrogen-bond donors (Lipinski definition) is 0. The molecule has 4 aromatic rings. The van der Waals surface area contributed by atoms with E-state index in [1.165, 1.54) is 21.2 Å². The molecule has 0 atom stereocenters. The maximum Gasteiger partial charge on any atom is 0.165 e. The van der Waals surface area contributed by atoms with Gasteiger partial charge in [-0.1, -0.05) is 54.6 Å². The lowest BCUT2D eigenvalue weighted by Gasteiger charge is -2.28. The van der Waals surface area contributed by atoms with Gasteiger partial charge in [-0.3, -0.25) is 0 Å². The summed E-state index contributed by atoms with van der Waals surface area (Å²) >= 11 is 0. The molecule has 0 amide bonds. The molecule has 0 fully saturated rings. The van der Waals surface area contributed by atoms with Gasteiger partial charge in [-0.15, -0.1) is 0 Å². The zero-order valence-electron chi connectivity index (χ0n) is 23.4. The van der Waals surface area contributed by atoms with Gasteiger partial charge in [0.15, 0.2) is 11.5 Å². The Morgan fingerprint density at radius 2 is 0.707 bits per heavy atom. The summed E-state index contributed by atoms with van der Waals surface area (Å²) in [5, 5.41) is 5.01. The van der Waals surface area contributed by atoms with Crippen LogP contribution in [0.4, 0.5) is 0 Å². The highest BCUT2D eigenvalue weighted by Gasteiger charge is 2.48. The van der Waals surface area contributed by atoms with Crippen molar-refractivity contribution in [2.75, 3.05) is 66.1 Å². The molecule has 1 heterocycles. The molecule has 0 aromatic heterocycles. The van der Waals surface area contributed by atoms with Crippen LogP contribution >= 0.6 is 7.26 Å². The molecular weight excluding hydrogens is 535 g/mol. The molecule has 1 aliphatic heterocycles. The molecule has 7 heteroatoms. The molecule has 0 radical (unpaired) electrons. The molecule has 41 heavy (non-hydrogen) atoms. The van der Waals surface area contributed by atoms with Gasteiger partial charge in [0.05, 0.1) is 52.9 Å². The van der Waals surface area contributed by atoms with Crippen molar-refractivity contribution < 1.29 is 28.4 Å². The first kappa shape index (κ1) is 29.2. The first-order chi connectivity index (χ1) is 20.4. The second kappa shape index (κ2) is 15.7.